The summed E-state index contributed by atoms with van der Waals surface area (Å²) in [6.45, 7) is 3.09. The predicted molar refractivity (Wildman–Crippen MR) is 135 cm³/mol. The first-order valence-electron chi connectivity index (χ1n) is 11.6. The van der Waals surface area contributed by atoms with Crippen LogP contribution in [0.15, 0.2) is 48.5 Å². The number of pyridine rings is 1. The SMILES string of the molecule is Nc1nc(Cl)c(-c2ccc(N3CCN(CC(F)F)CC3)cc2)cc1-c1ccc2c(c1)CCNC2=O. The monoisotopic (exact) mass is 497 g/mol. The Balaban J connectivity index is 1.38. The van der Waals surface area contributed by atoms with Crippen LogP contribution in [-0.2, 0) is 6.42 Å². The number of alkyl halides is 2. The van der Waals surface area contributed by atoms with E-state index in [-0.39, 0.29) is 12.5 Å². The van der Waals surface area contributed by atoms with Crippen LogP contribution >= 0.6 is 11.6 Å². The van der Waals surface area contributed by atoms with E-state index in [1.54, 1.807) is 4.90 Å². The van der Waals surface area contributed by atoms with Crippen LogP contribution in [0.1, 0.15) is 15.9 Å². The average Bonchev–Trinajstić information content (AvgIpc) is 2.84. The fourth-order valence-electron chi connectivity index (χ4n) is 4.77. The first-order valence-corrected chi connectivity index (χ1v) is 12.0. The molecule has 1 saturated heterocycles. The highest BCUT2D eigenvalue weighted by Gasteiger charge is 2.21. The Bertz CT molecular complexity index is 1240. The number of rotatable bonds is 5. The molecular formula is C26H26ClF2N5O. The van der Waals surface area contributed by atoms with Crippen LogP contribution in [0.5, 0.6) is 0 Å². The van der Waals surface area contributed by atoms with Crippen molar-refractivity contribution in [3.05, 3.63) is 64.8 Å². The van der Waals surface area contributed by atoms with Crippen LogP contribution in [0.4, 0.5) is 20.3 Å². The van der Waals surface area contributed by atoms with Crippen molar-refractivity contribution in [2.75, 3.05) is 49.9 Å². The van der Waals surface area contributed by atoms with Gasteiger partial charge in [-0.15, -0.1) is 0 Å². The Labute approximate surface area is 207 Å². The van der Waals surface area contributed by atoms with Crippen molar-refractivity contribution >= 4 is 29.0 Å². The Hall–Kier alpha value is -3.23. The Morgan fingerprint density at radius 1 is 0.971 bits per heavy atom. The van der Waals surface area contributed by atoms with Gasteiger partial charge in [-0.2, -0.15) is 0 Å². The number of benzene rings is 2. The second-order valence-electron chi connectivity index (χ2n) is 8.86. The number of nitrogens with two attached hydrogens (primary N) is 1. The molecule has 0 bridgehead atoms. The van der Waals surface area contributed by atoms with E-state index in [4.69, 9.17) is 17.3 Å². The summed E-state index contributed by atoms with van der Waals surface area (Å²) in [6, 6.07) is 15.6. The van der Waals surface area contributed by atoms with Crippen LogP contribution in [-0.4, -0.2) is 61.5 Å². The van der Waals surface area contributed by atoms with Crippen molar-refractivity contribution in [1.29, 1.82) is 0 Å². The molecule has 0 aliphatic carbocycles. The topological polar surface area (TPSA) is 74.5 Å². The van der Waals surface area contributed by atoms with Gasteiger partial charge in [0, 0.05) is 55.1 Å². The van der Waals surface area contributed by atoms with Gasteiger partial charge in [-0.05, 0) is 47.4 Å². The molecule has 2 aliphatic rings. The van der Waals surface area contributed by atoms with Gasteiger partial charge in [-0.3, -0.25) is 9.69 Å². The summed E-state index contributed by atoms with van der Waals surface area (Å²) < 4.78 is 25.3. The molecule has 5 rings (SSSR count). The first kappa shape index (κ1) is 23.5. The zero-order valence-corrected chi connectivity index (χ0v) is 19.9. The lowest BCUT2D eigenvalue weighted by Crippen LogP contribution is -2.47. The Morgan fingerprint density at radius 2 is 1.69 bits per heavy atom. The molecule has 182 valence electrons. The van der Waals surface area contributed by atoms with Gasteiger partial charge < -0.3 is 16.0 Å². The van der Waals surface area contributed by atoms with Crippen LogP contribution < -0.4 is 16.0 Å². The summed E-state index contributed by atoms with van der Waals surface area (Å²) >= 11 is 6.48. The molecule has 3 aromatic rings. The molecule has 0 spiro atoms. The van der Waals surface area contributed by atoms with Crippen molar-refractivity contribution in [2.24, 2.45) is 0 Å². The van der Waals surface area contributed by atoms with Crippen LogP contribution in [0.2, 0.25) is 5.15 Å². The van der Waals surface area contributed by atoms with Crippen LogP contribution in [0.25, 0.3) is 22.3 Å². The van der Waals surface area contributed by atoms with E-state index < -0.39 is 6.43 Å². The lowest BCUT2D eigenvalue weighted by atomic mass is 9.94. The number of fused-ring (bicyclic) bond motifs is 1. The molecule has 0 atom stereocenters. The fraction of sp³-hybridized carbons (Fsp3) is 0.308. The number of halogens is 3. The fourth-order valence-corrected chi connectivity index (χ4v) is 5.02. The molecule has 3 N–H and O–H groups in total. The normalized spacial score (nSPS) is 16.3. The minimum absolute atomic E-state index is 0.0591. The second kappa shape index (κ2) is 9.79. The quantitative estimate of drug-likeness (QED) is 0.513. The van der Waals surface area contributed by atoms with Crippen molar-refractivity contribution < 1.29 is 13.6 Å². The van der Waals surface area contributed by atoms with Gasteiger partial charge in [-0.25, -0.2) is 13.8 Å². The molecule has 1 amide bonds. The number of aromatic nitrogens is 1. The van der Waals surface area contributed by atoms with Gasteiger partial charge in [0.15, 0.2) is 0 Å². The highest BCUT2D eigenvalue weighted by atomic mass is 35.5. The molecule has 0 unspecified atom stereocenters. The van der Waals surface area contributed by atoms with Crippen LogP contribution in [0.3, 0.4) is 0 Å². The van der Waals surface area contributed by atoms with Crippen molar-refractivity contribution in [1.82, 2.24) is 15.2 Å². The molecule has 9 heteroatoms. The molecular weight excluding hydrogens is 472 g/mol. The maximum absolute atomic E-state index is 12.6. The summed E-state index contributed by atoms with van der Waals surface area (Å²) in [5, 5.41) is 3.17. The van der Waals surface area contributed by atoms with E-state index in [1.807, 2.05) is 48.5 Å². The molecule has 2 aliphatic heterocycles. The Morgan fingerprint density at radius 3 is 2.40 bits per heavy atom. The first-order chi connectivity index (χ1) is 16.9. The number of hydrogen-bond acceptors (Lipinski definition) is 5. The summed E-state index contributed by atoms with van der Waals surface area (Å²) in [5.74, 6) is 0.272. The minimum Gasteiger partial charge on any atom is -0.383 e. The number of piperazine rings is 1. The van der Waals surface area contributed by atoms with Gasteiger partial charge >= 0.3 is 0 Å². The highest BCUT2D eigenvalue weighted by Crippen LogP contribution is 2.36. The largest absolute Gasteiger partial charge is 0.383 e. The summed E-state index contributed by atoms with van der Waals surface area (Å²) in [6.07, 6.45) is -1.54. The predicted octanol–water partition coefficient (Wildman–Crippen LogP) is 4.32. The van der Waals surface area contributed by atoms with Crippen LogP contribution in [0, 0.1) is 0 Å². The van der Waals surface area contributed by atoms with Gasteiger partial charge in [-0.1, -0.05) is 35.9 Å². The number of amides is 1. The number of hydrogen-bond donors (Lipinski definition) is 2. The third kappa shape index (κ3) is 4.94. The third-order valence-corrected chi connectivity index (χ3v) is 6.95. The number of nitrogens with zero attached hydrogens (tertiary/aromatic N) is 3. The maximum Gasteiger partial charge on any atom is 0.251 e. The zero-order chi connectivity index (χ0) is 24.5. The summed E-state index contributed by atoms with van der Waals surface area (Å²) in [5.41, 5.74) is 12.3. The van der Waals surface area contributed by atoms with E-state index in [9.17, 15) is 13.6 Å². The van der Waals surface area contributed by atoms with Gasteiger partial charge in [0.2, 0.25) is 0 Å². The Kier molecular flexibility index (Phi) is 6.58. The molecule has 0 saturated carbocycles. The average molecular weight is 498 g/mol. The van der Waals surface area contributed by atoms with E-state index in [0.29, 0.717) is 49.3 Å². The molecule has 35 heavy (non-hydrogen) atoms. The van der Waals surface area contributed by atoms with Gasteiger partial charge in [0.1, 0.15) is 11.0 Å². The number of nitrogen functional groups attached to an aromatic ring is 1. The standard InChI is InChI=1S/C26H26ClF2N5O/c27-24-21(16-1-4-19(5-2-16)34-11-9-33(10-12-34)15-23(28)29)14-22(25(30)32-24)17-3-6-20-18(13-17)7-8-31-26(20)35/h1-6,13-14,23H,7-12,15H2,(H2,30,32)(H,31,35). The summed E-state index contributed by atoms with van der Waals surface area (Å²) in [4.78, 5) is 20.5. The lowest BCUT2D eigenvalue weighted by molar-refractivity contribution is 0.0854. The molecule has 3 heterocycles. The minimum atomic E-state index is -2.30. The number of carbonyl (C=O) groups excluding carboxylic acids is 1. The smallest absolute Gasteiger partial charge is 0.251 e. The second-order valence-corrected chi connectivity index (χ2v) is 9.22. The van der Waals surface area contributed by atoms with E-state index in [1.165, 1.54) is 0 Å². The van der Waals surface area contributed by atoms with E-state index >= 15 is 0 Å². The molecule has 0 radical (unpaired) electrons. The van der Waals surface area contributed by atoms with E-state index in [2.05, 4.69) is 15.2 Å². The van der Waals surface area contributed by atoms with Gasteiger partial charge in [0.25, 0.3) is 12.3 Å². The number of nitrogens with one attached hydrogen (secondary N) is 1. The molecule has 6 nitrogen and oxygen atoms in total. The third-order valence-electron chi connectivity index (χ3n) is 6.66. The number of anilines is 2. The lowest BCUT2D eigenvalue weighted by Gasteiger charge is -2.36. The van der Waals surface area contributed by atoms with Crippen molar-refractivity contribution in [3.8, 4) is 22.3 Å². The number of carbonyl (C=O) groups is 1. The van der Waals surface area contributed by atoms with Gasteiger partial charge in [0.05, 0.1) is 6.54 Å². The maximum atomic E-state index is 12.6. The summed E-state index contributed by atoms with van der Waals surface area (Å²) in [7, 11) is 0. The molecule has 1 fully saturated rings. The van der Waals surface area contributed by atoms with Crippen molar-refractivity contribution in [2.45, 2.75) is 12.8 Å². The van der Waals surface area contributed by atoms with E-state index in [0.717, 1.165) is 39.9 Å². The van der Waals surface area contributed by atoms with Crippen molar-refractivity contribution in [3.63, 3.8) is 0 Å². The molecule has 1 aromatic heterocycles. The zero-order valence-electron chi connectivity index (χ0n) is 19.1. The molecule has 2 aromatic carbocycles. The highest BCUT2D eigenvalue weighted by molar-refractivity contribution is 6.32.